The molecule has 8 rings (SSSR count). The zero-order valence-corrected chi connectivity index (χ0v) is 97.0. The molecule has 846 valence electrons. The second kappa shape index (κ2) is 64.3. The number of allylic oxidation sites excluding steroid dienone is 12. The first-order chi connectivity index (χ1) is 70.9. The summed E-state index contributed by atoms with van der Waals surface area (Å²) in [5, 5.41) is 46.2. The van der Waals surface area contributed by atoms with E-state index in [1.165, 1.54) is 43.3 Å². The van der Waals surface area contributed by atoms with Crippen LogP contribution in [-0.2, 0) is 104 Å². The monoisotopic (exact) mass is 2120 g/mol. The molecule has 8 aliphatic rings. The van der Waals surface area contributed by atoms with E-state index in [1.54, 1.807) is 75.2 Å². The number of carbonyl (C=O) groups excluding carboxylic acids is 10. The highest BCUT2D eigenvalue weighted by Gasteiger charge is 2.56. The van der Waals surface area contributed by atoms with Crippen molar-refractivity contribution in [3.63, 3.8) is 0 Å². The average molecular weight is 2120 g/mol. The van der Waals surface area contributed by atoms with Crippen molar-refractivity contribution in [1.82, 2.24) is 9.80 Å². The summed E-state index contributed by atoms with van der Waals surface area (Å²) in [6.07, 6.45) is 42.3. The van der Waals surface area contributed by atoms with Crippen LogP contribution in [0.1, 0.15) is 324 Å². The second-order valence-corrected chi connectivity index (χ2v) is 51.0. The molecule has 0 radical (unpaired) electrons. The number of ether oxygens (including phenoxy) is 11. The molecular formula is C121H192N2O26Si. The normalized spacial score (nSPS) is 36.6. The quantitative estimate of drug-likeness (QED) is 0.0195. The predicted molar refractivity (Wildman–Crippen MR) is 586 cm³/mol. The first-order valence-electron chi connectivity index (χ1n) is 56.0. The van der Waals surface area contributed by atoms with Crippen molar-refractivity contribution in [3.05, 3.63) is 95.2 Å². The zero-order valence-electron chi connectivity index (χ0n) is 96.0. The lowest BCUT2D eigenvalue weighted by molar-refractivity contribution is -0.265. The topological polar surface area (TPSA) is 369 Å². The van der Waals surface area contributed by atoms with Crippen molar-refractivity contribution < 1.29 is 125 Å². The SMILES string of the molecule is C#CCCCCC.C#CCCCCO[C@@H]1/C(C)=C/[C@@H](C)C(=O)C[C@@H]([C@H](C)C[C@@H]2CC[C@@H](O)[C@H](OC)C2)OC(=O)[C@@H]2CCCCN2C(=O)C(=O)[C@]2(O)O[C@@H](CC[C@H]2C)C[C@H](OC)/C(C)=C/C=C/C=C/[C@@H](C)C[C@@H](C)C(=O)[C@@H]1OC.CO[C@H]1C[C@@H]2CC[C@@H](C)[C@@](O)(O2)C(=O)C(=O)N2CCCC[C@H]2C(=O)O[C@H]([C@H](C)C[C@@H]2CC[C@@H](O[Si](C)(C)C(C)(C)C)[C@H](OC)C2)CC(=O)[C@H](C)/C=C(\C)[C@@H](O)[C@@H](OC)C(=O)[C@H](C)C[C@H](C)/C=C/C=C/C=C/1C. The minimum Gasteiger partial charge on any atom is -0.460 e. The van der Waals surface area contributed by atoms with Gasteiger partial charge in [0.25, 0.3) is 23.4 Å². The fourth-order valence-electron chi connectivity index (χ4n) is 22.1. The van der Waals surface area contributed by atoms with Gasteiger partial charge in [-0.1, -0.05) is 183 Å². The van der Waals surface area contributed by atoms with Gasteiger partial charge in [0.05, 0.1) is 48.8 Å². The number of rotatable bonds is 22. The number of terminal acetylenes is 2. The zero-order chi connectivity index (χ0) is 112. The van der Waals surface area contributed by atoms with Crippen molar-refractivity contribution in [3.8, 4) is 24.7 Å². The highest BCUT2D eigenvalue weighted by Crippen LogP contribution is 2.45. The van der Waals surface area contributed by atoms with Gasteiger partial charge in [-0.15, -0.1) is 24.7 Å². The van der Waals surface area contributed by atoms with Crippen molar-refractivity contribution in [2.75, 3.05) is 62.4 Å². The van der Waals surface area contributed by atoms with Gasteiger partial charge in [0, 0.05) is 136 Å². The number of Topliss-reactive ketones (excluding diaryl/α,β-unsaturated/α-hetero) is 6. The third kappa shape index (κ3) is 38.8. The Morgan fingerprint density at radius 3 is 1.33 bits per heavy atom. The highest BCUT2D eigenvalue weighted by molar-refractivity contribution is 6.74. The number of nitrogens with zero attached hydrogens (tertiary/aromatic N) is 2. The first kappa shape index (κ1) is 131. The number of aliphatic hydroxyl groups excluding tert-OH is 2. The Balaban J connectivity index is 0.000000430. The maximum Gasteiger partial charge on any atom is 0.329 e. The molecule has 2 amide bonds. The number of aliphatic hydroxyl groups is 4. The predicted octanol–water partition coefficient (Wildman–Crippen LogP) is 19.4. The van der Waals surface area contributed by atoms with Crippen LogP contribution in [0.3, 0.4) is 0 Å². The van der Waals surface area contributed by atoms with E-state index < -0.39 is 164 Å². The fourth-order valence-corrected chi connectivity index (χ4v) is 23.5. The van der Waals surface area contributed by atoms with Crippen LogP contribution in [0.15, 0.2) is 95.2 Å². The fraction of sp³-hybridized carbons (Fsp3) is 0.752. The first-order valence-corrected chi connectivity index (χ1v) is 58.9. The van der Waals surface area contributed by atoms with Crippen LogP contribution in [-0.4, -0.2) is 268 Å². The number of carbonyl (C=O) groups is 10. The summed E-state index contributed by atoms with van der Waals surface area (Å²) in [6, 6.07) is -2.27. The Hall–Kier alpha value is -7.40. The third-order valence-corrected chi connectivity index (χ3v) is 37.6. The Bertz CT molecular complexity index is 4640. The Morgan fingerprint density at radius 1 is 0.480 bits per heavy atom. The van der Waals surface area contributed by atoms with Crippen LogP contribution >= 0.6 is 0 Å². The number of unbranched alkanes of at least 4 members (excludes halogenated alkanes) is 5. The summed E-state index contributed by atoms with van der Waals surface area (Å²) in [4.78, 5) is 146. The molecule has 6 heterocycles. The standard InChI is InChI=1S/C57H93NO13Si.C57H87NO13.C7H12/c1-35-21-17-16-18-22-36(2)47(66-11)33-43-26-24-41(7)57(65,70-43)53(62)54(63)58-28-20-19-23-44(58)55(64)69-48(34-45(59)37(3)30-40(6)51(61)52(68-13)50(60)39(5)29-35)38(4)31-42-25-27-46(49(32-42)67-12)71-72(14,15)56(8,9)10;1-12-13-14-20-29-69-52-41(7)31-38(4)47(60)35-49(39(5)32-43-25-27-46(59)50(33-43)67-10)70-56(64)45-23-18-19-28-58(45)55(63)54(62)57(65)42(8)24-26-44(71-57)34-48(66-9)37(3)22-17-15-16-21-36(2)30-40(6)51(61)53(52)68-11;1-3-5-7-6-4-2/h16-18,21-22,30,35,37-39,41-44,46-49,51-52,61,65H,19-20,23-29,31-34H2,1-15H3;1,15-17,21-22,31,36,38-40,42-46,48-50,52-53,59,65H,13-14,18-20,23-30,32-35H2,2-11H3;1H,4-7H2,2H3/b18-16+,21-17+,36-22+,40-30+;17-15+,21-16+,37-22+,41-31+;/t35-,37-,38-,39-,41-,42+,43+,44+,46-,47+,48+,49-,51-,52+,57-;36-,38-,39-,40-,42-,43+,44+,45+,46-,48+,49+,50-,52-,53+,57-;/m11./s1. The third-order valence-electron chi connectivity index (χ3n) is 33.1. The summed E-state index contributed by atoms with van der Waals surface area (Å²) in [7, 11) is 7.27. The lowest BCUT2D eigenvalue weighted by atomic mass is 9.78. The van der Waals surface area contributed by atoms with E-state index in [0.29, 0.717) is 133 Å². The van der Waals surface area contributed by atoms with E-state index in [0.717, 1.165) is 49.7 Å². The van der Waals surface area contributed by atoms with Crippen molar-refractivity contribution in [2.24, 2.45) is 71.0 Å². The van der Waals surface area contributed by atoms with Crippen molar-refractivity contribution in [1.29, 1.82) is 0 Å². The summed E-state index contributed by atoms with van der Waals surface area (Å²) in [6.45, 7) is 39.8. The van der Waals surface area contributed by atoms with Gasteiger partial charge < -0.3 is 86.8 Å². The molecule has 6 fully saturated rings. The lowest BCUT2D eigenvalue weighted by Crippen LogP contribution is -2.61. The van der Waals surface area contributed by atoms with Gasteiger partial charge in [-0.05, 0) is 251 Å². The molecule has 2 aliphatic carbocycles. The summed E-state index contributed by atoms with van der Waals surface area (Å²) >= 11 is 0. The number of hydrogen-bond donors (Lipinski definition) is 4. The van der Waals surface area contributed by atoms with Crippen LogP contribution in [0.4, 0.5) is 0 Å². The van der Waals surface area contributed by atoms with E-state index in [2.05, 4.69) is 52.6 Å². The molecule has 28 nitrogen and oxygen atoms in total. The molecule has 4 bridgehead atoms. The molecular weight excluding hydrogens is 1930 g/mol. The van der Waals surface area contributed by atoms with E-state index >= 15 is 0 Å². The second-order valence-electron chi connectivity index (χ2n) is 46.2. The number of cyclic esters (lactones) is 2. The van der Waals surface area contributed by atoms with E-state index in [4.69, 9.17) is 69.4 Å². The highest BCUT2D eigenvalue weighted by atomic mass is 28.4. The number of ketones is 6. The molecule has 0 spiro atoms. The number of hydrogen-bond acceptors (Lipinski definition) is 26. The molecule has 4 saturated heterocycles. The van der Waals surface area contributed by atoms with Gasteiger partial charge in [-0.2, -0.15) is 0 Å². The Morgan fingerprint density at radius 2 is 0.907 bits per heavy atom. The molecule has 0 aromatic heterocycles. The number of piperidine rings is 2. The molecule has 0 unspecified atom stereocenters. The maximum atomic E-state index is 14.6. The summed E-state index contributed by atoms with van der Waals surface area (Å²) in [5.74, 6) is -10.1. The molecule has 6 aliphatic heterocycles. The van der Waals surface area contributed by atoms with Crippen LogP contribution < -0.4 is 0 Å². The number of methoxy groups -OCH3 is 6. The molecule has 0 aromatic rings. The Kier molecular flexibility index (Phi) is 56.3. The van der Waals surface area contributed by atoms with Crippen LogP contribution in [0.25, 0.3) is 0 Å². The molecule has 150 heavy (non-hydrogen) atoms. The lowest BCUT2D eigenvalue weighted by Gasteiger charge is -2.44. The number of esters is 2. The van der Waals surface area contributed by atoms with Crippen molar-refractivity contribution in [2.45, 2.75) is 451 Å². The smallest absolute Gasteiger partial charge is 0.329 e. The average Bonchev–Trinajstić information content (AvgIpc) is 0.766. The molecule has 0 aromatic carbocycles. The van der Waals surface area contributed by atoms with Gasteiger partial charge in [0.1, 0.15) is 60.3 Å². The molecule has 4 N–H and O–H groups in total. The van der Waals surface area contributed by atoms with Gasteiger partial charge in [0.2, 0.25) is 11.6 Å². The van der Waals surface area contributed by atoms with Crippen molar-refractivity contribution >= 4 is 66.8 Å². The van der Waals surface area contributed by atoms with Crippen LogP contribution in [0.2, 0.25) is 18.1 Å². The van der Waals surface area contributed by atoms with Gasteiger partial charge in [0.15, 0.2) is 19.9 Å². The van der Waals surface area contributed by atoms with Gasteiger partial charge in [-0.25, -0.2) is 9.59 Å². The Labute approximate surface area is 900 Å². The van der Waals surface area contributed by atoms with E-state index in [1.807, 2.05) is 123 Å². The van der Waals surface area contributed by atoms with Gasteiger partial charge in [-0.3, -0.25) is 38.4 Å². The molecule has 30 atom stereocenters. The molecule has 2 saturated carbocycles. The van der Waals surface area contributed by atoms with Crippen LogP contribution in [0.5, 0.6) is 0 Å². The summed E-state index contributed by atoms with van der Waals surface area (Å²) in [5.41, 5.74) is 2.82. The number of fused-ring (bicyclic) bond motifs is 6. The van der Waals surface area contributed by atoms with Crippen LogP contribution in [0, 0.1) is 95.7 Å². The minimum atomic E-state index is -2.43. The van der Waals surface area contributed by atoms with Gasteiger partial charge >= 0.3 is 11.9 Å². The van der Waals surface area contributed by atoms with E-state index in [9.17, 15) is 68.4 Å². The largest absolute Gasteiger partial charge is 0.460 e. The minimum absolute atomic E-state index is 0.0209. The maximum absolute atomic E-state index is 14.6. The van der Waals surface area contributed by atoms with E-state index in [-0.39, 0.29) is 127 Å². The number of amides is 2. The molecule has 29 heteroatoms. The summed E-state index contributed by atoms with van der Waals surface area (Å²) < 4.78 is 73.4.